The fourth-order valence-electron chi connectivity index (χ4n) is 2.43. The smallest absolute Gasteiger partial charge is 0.122 e. The number of hydrogen-bond donors (Lipinski definition) is 1. The number of methoxy groups -OCH3 is 1. The Bertz CT molecular complexity index is 383. The molecule has 0 amide bonds. The molecule has 0 spiro atoms. The lowest BCUT2D eigenvalue weighted by Gasteiger charge is -2.22. The molecule has 1 aromatic carbocycles. The maximum Gasteiger partial charge on any atom is 0.122 e. The van der Waals surface area contributed by atoms with Gasteiger partial charge in [0.05, 0.1) is 7.11 Å². The van der Waals surface area contributed by atoms with Crippen LogP contribution < -0.4 is 4.74 Å². The van der Waals surface area contributed by atoms with Gasteiger partial charge in [0.2, 0.25) is 0 Å². The molecule has 0 heterocycles. The predicted octanol–water partition coefficient (Wildman–Crippen LogP) is 3.82. The minimum atomic E-state index is 0.230. The van der Waals surface area contributed by atoms with Crippen molar-refractivity contribution in [2.75, 3.05) is 13.7 Å². The van der Waals surface area contributed by atoms with Crippen LogP contribution in [-0.2, 0) is 0 Å². The van der Waals surface area contributed by atoms with Crippen LogP contribution in [-0.4, -0.2) is 18.8 Å². The van der Waals surface area contributed by atoms with E-state index in [2.05, 4.69) is 39.8 Å². The van der Waals surface area contributed by atoms with Crippen molar-refractivity contribution in [3.63, 3.8) is 0 Å². The minimum absolute atomic E-state index is 0.230. The number of ether oxygens (including phenoxy) is 1. The Morgan fingerprint density at radius 1 is 1.17 bits per heavy atom. The molecule has 0 radical (unpaired) electrons. The molecule has 0 aliphatic heterocycles. The molecular formula is C16H26O2. The van der Waals surface area contributed by atoms with Gasteiger partial charge in [-0.1, -0.05) is 19.9 Å². The standard InChI is InChI=1S/C16H26O2/c1-11(2)8-14(6-7-17)15-9-12(3)13(4)10-16(15)18-5/h9-11,14,17H,6-8H2,1-5H3. The van der Waals surface area contributed by atoms with E-state index < -0.39 is 0 Å². The molecule has 1 rings (SSSR count). The second-order valence-corrected chi connectivity index (χ2v) is 5.52. The summed E-state index contributed by atoms with van der Waals surface area (Å²) in [6.45, 7) is 8.90. The average molecular weight is 250 g/mol. The third kappa shape index (κ3) is 3.74. The summed E-state index contributed by atoms with van der Waals surface area (Å²) in [7, 11) is 1.72. The molecule has 102 valence electrons. The normalized spacial score (nSPS) is 12.8. The van der Waals surface area contributed by atoms with Gasteiger partial charge in [0.25, 0.3) is 0 Å². The first-order valence-corrected chi connectivity index (χ1v) is 6.75. The first-order valence-electron chi connectivity index (χ1n) is 6.75. The second kappa shape index (κ2) is 6.79. The molecule has 0 saturated heterocycles. The summed E-state index contributed by atoms with van der Waals surface area (Å²) in [6, 6.07) is 4.33. The number of aliphatic hydroxyl groups is 1. The number of benzene rings is 1. The van der Waals surface area contributed by atoms with E-state index in [0.29, 0.717) is 11.8 Å². The lowest BCUT2D eigenvalue weighted by atomic mass is 9.86. The van der Waals surface area contributed by atoms with Gasteiger partial charge >= 0.3 is 0 Å². The van der Waals surface area contributed by atoms with Crippen molar-refractivity contribution in [3.8, 4) is 5.75 Å². The van der Waals surface area contributed by atoms with E-state index >= 15 is 0 Å². The Balaban J connectivity index is 3.12. The average Bonchev–Trinajstić information content (AvgIpc) is 2.31. The van der Waals surface area contributed by atoms with Gasteiger partial charge in [-0.3, -0.25) is 0 Å². The minimum Gasteiger partial charge on any atom is -0.496 e. The van der Waals surface area contributed by atoms with Gasteiger partial charge in [-0.05, 0) is 61.3 Å². The Morgan fingerprint density at radius 2 is 1.78 bits per heavy atom. The van der Waals surface area contributed by atoms with Gasteiger partial charge < -0.3 is 9.84 Å². The zero-order valence-electron chi connectivity index (χ0n) is 12.3. The van der Waals surface area contributed by atoms with Gasteiger partial charge in [0, 0.05) is 6.61 Å². The van der Waals surface area contributed by atoms with Gasteiger partial charge in [-0.15, -0.1) is 0 Å². The van der Waals surface area contributed by atoms with Crippen LogP contribution in [0.2, 0.25) is 0 Å². The third-order valence-electron chi connectivity index (χ3n) is 3.52. The number of aliphatic hydroxyl groups excluding tert-OH is 1. The van der Waals surface area contributed by atoms with E-state index in [4.69, 9.17) is 4.74 Å². The van der Waals surface area contributed by atoms with Crippen LogP contribution in [0.25, 0.3) is 0 Å². The van der Waals surface area contributed by atoms with E-state index in [1.54, 1.807) is 7.11 Å². The van der Waals surface area contributed by atoms with Crippen LogP contribution in [0.5, 0.6) is 5.75 Å². The summed E-state index contributed by atoms with van der Waals surface area (Å²) in [5.41, 5.74) is 3.78. The molecular weight excluding hydrogens is 224 g/mol. The van der Waals surface area contributed by atoms with Crippen LogP contribution in [0.3, 0.4) is 0 Å². The molecule has 0 saturated carbocycles. The van der Waals surface area contributed by atoms with Crippen molar-refractivity contribution in [2.24, 2.45) is 5.92 Å². The maximum absolute atomic E-state index is 9.26. The number of hydrogen-bond acceptors (Lipinski definition) is 2. The molecule has 0 aromatic heterocycles. The number of rotatable bonds is 6. The fourth-order valence-corrected chi connectivity index (χ4v) is 2.43. The molecule has 1 unspecified atom stereocenters. The summed E-state index contributed by atoms with van der Waals surface area (Å²) in [5.74, 6) is 1.95. The maximum atomic E-state index is 9.26. The highest BCUT2D eigenvalue weighted by atomic mass is 16.5. The summed E-state index contributed by atoms with van der Waals surface area (Å²) in [5, 5.41) is 9.26. The van der Waals surface area contributed by atoms with E-state index in [0.717, 1.165) is 18.6 Å². The zero-order chi connectivity index (χ0) is 13.7. The largest absolute Gasteiger partial charge is 0.496 e. The molecule has 1 aromatic rings. The monoisotopic (exact) mass is 250 g/mol. The van der Waals surface area contributed by atoms with Gasteiger partial charge in [-0.25, -0.2) is 0 Å². The highest BCUT2D eigenvalue weighted by Crippen LogP contribution is 2.35. The molecule has 0 bridgehead atoms. The van der Waals surface area contributed by atoms with Crippen molar-refractivity contribution in [3.05, 3.63) is 28.8 Å². The molecule has 1 atom stereocenters. The van der Waals surface area contributed by atoms with Crippen LogP contribution in [0, 0.1) is 19.8 Å². The SMILES string of the molecule is COc1cc(C)c(C)cc1C(CCO)CC(C)C. The van der Waals surface area contributed by atoms with Crippen LogP contribution >= 0.6 is 0 Å². The van der Waals surface area contributed by atoms with E-state index in [-0.39, 0.29) is 6.61 Å². The molecule has 2 heteroatoms. The van der Waals surface area contributed by atoms with Gasteiger partial charge in [0.15, 0.2) is 0 Å². The quantitative estimate of drug-likeness (QED) is 0.831. The van der Waals surface area contributed by atoms with Crippen LogP contribution in [0.1, 0.15) is 49.3 Å². The van der Waals surface area contributed by atoms with Crippen molar-refractivity contribution >= 4 is 0 Å². The topological polar surface area (TPSA) is 29.5 Å². The summed E-state index contributed by atoms with van der Waals surface area (Å²) >= 11 is 0. The van der Waals surface area contributed by atoms with Crippen LogP contribution in [0.4, 0.5) is 0 Å². The lowest BCUT2D eigenvalue weighted by Crippen LogP contribution is -2.08. The van der Waals surface area contributed by atoms with Crippen molar-refractivity contribution in [1.82, 2.24) is 0 Å². The van der Waals surface area contributed by atoms with Crippen molar-refractivity contribution in [2.45, 2.75) is 46.5 Å². The van der Waals surface area contributed by atoms with Gasteiger partial charge in [0.1, 0.15) is 5.75 Å². The third-order valence-corrected chi connectivity index (χ3v) is 3.52. The molecule has 0 aliphatic carbocycles. The highest BCUT2D eigenvalue weighted by Gasteiger charge is 2.18. The Hall–Kier alpha value is -1.02. The lowest BCUT2D eigenvalue weighted by molar-refractivity contribution is 0.265. The van der Waals surface area contributed by atoms with Crippen LogP contribution in [0.15, 0.2) is 12.1 Å². The second-order valence-electron chi connectivity index (χ2n) is 5.52. The summed E-state index contributed by atoms with van der Waals surface area (Å²) in [6.07, 6.45) is 1.89. The molecule has 0 aliphatic rings. The first-order chi connectivity index (χ1) is 8.49. The number of aryl methyl sites for hydroxylation is 2. The fraction of sp³-hybridized carbons (Fsp3) is 0.625. The Labute approximate surface area is 111 Å². The van der Waals surface area contributed by atoms with E-state index in [9.17, 15) is 5.11 Å². The van der Waals surface area contributed by atoms with E-state index in [1.807, 2.05) is 0 Å². The molecule has 2 nitrogen and oxygen atoms in total. The van der Waals surface area contributed by atoms with Crippen molar-refractivity contribution < 1.29 is 9.84 Å². The first kappa shape index (κ1) is 15.0. The molecule has 1 N–H and O–H groups in total. The summed E-state index contributed by atoms with van der Waals surface area (Å²) in [4.78, 5) is 0. The summed E-state index contributed by atoms with van der Waals surface area (Å²) < 4.78 is 5.51. The molecule has 18 heavy (non-hydrogen) atoms. The predicted molar refractivity (Wildman–Crippen MR) is 76.4 cm³/mol. The van der Waals surface area contributed by atoms with Crippen molar-refractivity contribution in [1.29, 1.82) is 0 Å². The van der Waals surface area contributed by atoms with Gasteiger partial charge in [-0.2, -0.15) is 0 Å². The zero-order valence-corrected chi connectivity index (χ0v) is 12.3. The Morgan fingerprint density at radius 3 is 2.28 bits per heavy atom. The Kier molecular flexibility index (Phi) is 5.67. The van der Waals surface area contributed by atoms with E-state index in [1.165, 1.54) is 16.7 Å². The molecule has 0 fully saturated rings. The highest BCUT2D eigenvalue weighted by molar-refractivity contribution is 5.43.